The minimum absolute atomic E-state index is 0.292. The van der Waals surface area contributed by atoms with Crippen LogP contribution in [0.3, 0.4) is 0 Å². The largest absolute Gasteiger partial charge is 0.373 e. The van der Waals surface area contributed by atoms with Gasteiger partial charge in [-0.05, 0) is 24.6 Å². The number of nitrogens with zero attached hydrogens (tertiary/aromatic N) is 1. The van der Waals surface area contributed by atoms with Gasteiger partial charge in [0, 0.05) is 5.92 Å². The molecule has 2 atom stereocenters. The molecule has 1 aliphatic heterocycles. The summed E-state index contributed by atoms with van der Waals surface area (Å²) in [4.78, 5) is 0. The van der Waals surface area contributed by atoms with Gasteiger partial charge in [0.2, 0.25) is 0 Å². The van der Waals surface area contributed by atoms with Crippen molar-refractivity contribution in [1.29, 1.82) is 0 Å². The van der Waals surface area contributed by atoms with Crippen molar-refractivity contribution in [2.24, 2.45) is 0 Å². The molecule has 1 aromatic heterocycles. The normalized spacial score (nSPS) is 23.1. The number of rotatable bonds is 4. The Hall–Kier alpha value is -1.44. The molecular weight excluding hydrogens is 232 g/mol. The minimum Gasteiger partial charge on any atom is -0.373 e. The van der Waals surface area contributed by atoms with Gasteiger partial charge in [-0.15, -0.1) is 6.58 Å². The van der Waals surface area contributed by atoms with Gasteiger partial charge in [-0.2, -0.15) is 0 Å². The minimum atomic E-state index is 0.292. The molecule has 2 unspecified atom stereocenters. The van der Waals surface area contributed by atoms with Crippen LogP contribution in [-0.2, 0) is 0 Å². The average molecular weight is 253 g/mol. The molecule has 2 nitrogen and oxygen atoms in total. The van der Waals surface area contributed by atoms with E-state index in [1.54, 1.807) is 0 Å². The quantitative estimate of drug-likeness (QED) is 0.464. The van der Waals surface area contributed by atoms with E-state index in [0.29, 0.717) is 18.4 Å². The summed E-state index contributed by atoms with van der Waals surface area (Å²) < 4.78 is 5.35. The molecule has 0 aliphatic carbocycles. The standard InChI is InChI=1S/C15H21B2NO/c1-5-10(3)8-7-9-11-12(6-2)17(4)13-14(11)18-19-15(13)16/h6-9,11-12H,2,5,16H2,1,3-4H3/b9-7-,10-8-. The molecule has 2 rings (SSSR count). The summed E-state index contributed by atoms with van der Waals surface area (Å²) in [6.07, 6.45) is 9.69. The average Bonchev–Trinajstić information content (AvgIpc) is 2.90. The number of fused-ring (bicyclic) bond motifs is 1. The van der Waals surface area contributed by atoms with E-state index in [1.165, 1.54) is 11.0 Å². The van der Waals surface area contributed by atoms with Gasteiger partial charge < -0.3 is 4.52 Å². The van der Waals surface area contributed by atoms with Gasteiger partial charge in [0.25, 0.3) is 0 Å². The van der Waals surface area contributed by atoms with Gasteiger partial charge in [-0.1, -0.05) is 48.8 Å². The van der Waals surface area contributed by atoms with E-state index in [1.807, 2.05) is 7.85 Å². The van der Waals surface area contributed by atoms with E-state index < -0.39 is 0 Å². The van der Waals surface area contributed by atoms with E-state index in [4.69, 9.17) is 4.52 Å². The Bertz CT molecular complexity index is 530. The molecule has 0 radical (unpaired) electrons. The lowest BCUT2D eigenvalue weighted by Gasteiger charge is -2.14. The summed E-state index contributed by atoms with van der Waals surface area (Å²) in [6.45, 7) is 11.0. The Morgan fingerprint density at radius 1 is 1.58 bits per heavy atom. The molecule has 0 aromatic carbocycles. The Balaban J connectivity index is 2.30. The van der Waals surface area contributed by atoms with Crippen molar-refractivity contribution in [2.45, 2.75) is 38.8 Å². The highest BCUT2D eigenvalue weighted by Gasteiger charge is 2.41. The van der Waals surface area contributed by atoms with Crippen molar-refractivity contribution in [3.8, 4) is 0 Å². The van der Waals surface area contributed by atoms with E-state index in [9.17, 15) is 0 Å². The molecule has 0 amide bonds. The second-order valence-corrected chi connectivity index (χ2v) is 5.42. The fourth-order valence-electron chi connectivity index (χ4n) is 2.90. The predicted octanol–water partition coefficient (Wildman–Crippen LogP) is 1.83. The Morgan fingerprint density at radius 3 is 2.95 bits per heavy atom. The third kappa shape index (κ3) is 2.49. The number of hydrogen-bond donors (Lipinski definition) is 0. The van der Waals surface area contributed by atoms with Gasteiger partial charge in [-0.25, -0.2) is 0 Å². The Labute approximate surface area is 117 Å². The van der Waals surface area contributed by atoms with Gasteiger partial charge in [0.15, 0.2) is 14.6 Å². The molecule has 0 saturated carbocycles. The monoisotopic (exact) mass is 253 g/mol. The first-order valence-corrected chi connectivity index (χ1v) is 7.02. The lowest BCUT2D eigenvalue weighted by atomic mass is 9.40. The lowest BCUT2D eigenvalue weighted by molar-refractivity contribution is 0.433. The molecule has 19 heavy (non-hydrogen) atoms. The smallest absolute Gasteiger partial charge is 0.189 e. The van der Waals surface area contributed by atoms with Crippen molar-refractivity contribution in [1.82, 2.24) is 5.16 Å². The van der Waals surface area contributed by atoms with Gasteiger partial charge in [0.05, 0.1) is 11.4 Å². The summed E-state index contributed by atoms with van der Waals surface area (Å²) in [6, 6.07) is 0. The maximum absolute atomic E-state index is 5.35. The van der Waals surface area contributed by atoms with Gasteiger partial charge in [-0.3, -0.25) is 0 Å². The SMILES string of the molecule is Bc1onc2c1B(C)C(C=C)C2/C=C\C=C(\C)CC. The molecule has 0 fully saturated rings. The predicted molar refractivity (Wildman–Crippen MR) is 85.8 cm³/mol. The van der Waals surface area contributed by atoms with Crippen LogP contribution in [0.1, 0.15) is 31.9 Å². The fourth-order valence-corrected chi connectivity index (χ4v) is 2.90. The van der Waals surface area contributed by atoms with E-state index in [0.717, 1.165) is 17.8 Å². The molecule has 0 spiro atoms. The van der Waals surface area contributed by atoms with Crippen LogP contribution < -0.4 is 11.1 Å². The molecule has 2 heterocycles. The Morgan fingerprint density at radius 2 is 2.32 bits per heavy atom. The highest BCUT2D eigenvalue weighted by atomic mass is 16.5. The topological polar surface area (TPSA) is 26.0 Å². The van der Waals surface area contributed by atoms with Crippen LogP contribution in [0.15, 0.2) is 41.0 Å². The van der Waals surface area contributed by atoms with Crippen molar-refractivity contribution in [3.05, 3.63) is 42.2 Å². The molecule has 0 saturated heterocycles. The number of hydrogen-bond acceptors (Lipinski definition) is 2. The van der Waals surface area contributed by atoms with E-state index >= 15 is 0 Å². The van der Waals surface area contributed by atoms with Crippen LogP contribution in [-0.4, -0.2) is 19.7 Å². The van der Waals surface area contributed by atoms with Crippen molar-refractivity contribution >= 4 is 25.7 Å². The van der Waals surface area contributed by atoms with Crippen LogP contribution in [0.25, 0.3) is 0 Å². The summed E-state index contributed by atoms with van der Waals surface area (Å²) in [5.74, 6) is 0.708. The van der Waals surface area contributed by atoms with Crippen LogP contribution in [0.5, 0.6) is 0 Å². The van der Waals surface area contributed by atoms with E-state index in [2.05, 4.69) is 56.7 Å². The third-order valence-electron chi connectivity index (χ3n) is 4.23. The molecule has 1 aliphatic rings. The zero-order valence-electron chi connectivity index (χ0n) is 12.3. The van der Waals surface area contributed by atoms with Crippen LogP contribution >= 0.6 is 0 Å². The molecule has 1 aromatic rings. The fraction of sp³-hybridized carbons (Fsp3) is 0.400. The first-order chi connectivity index (χ1) is 9.10. The molecular formula is C15H21B2NO. The van der Waals surface area contributed by atoms with Crippen molar-refractivity contribution in [2.75, 3.05) is 0 Å². The highest BCUT2D eigenvalue weighted by molar-refractivity contribution is 6.79. The summed E-state index contributed by atoms with van der Waals surface area (Å²) >= 11 is 0. The number of aromatic nitrogens is 1. The molecule has 0 N–H and O–H groups in total. The zero-order chi connectivity index (χ0) is 14.0. The van der Waals surface area contributed by atoms with Crippen LogP contribution in [0.2, 0.25) is 12.6 Å². The zero-order valence-corrected chi connectivity index (χ0v) is 12.3. The van der Waals surface area contributed by atoms with Gasteiger partial charge in [0.1, 0.15) is 0 Å². The molecule has 0 bridgehead atoms. The highest BCUT2D eigenvalue weighted by Crippen LogP contribution is 2.38. The lowest BCUT2D eigenvalue weighted by Crippen LogP contribution is -2.35. The first-order valence-electron chi connectivity index (χ1n) is 7.02. The van der Waals surface area contributed by atoms with Crippen molar-refractivity contribution < 1.29 is 4.52 Å². The van der Waals surface area contributed by atoms with Crippen LogP contribution in [0, 0.1) is 0 Å². The maximum Gasteiger partial charge on any atom is 0.189 e. The Kier molecular flexibility index (Phi) is 4.18. The molecule has 4 heteroatoms. The van der Waals surface area contributed by atoms with E-state index in [-0.39, 0.29) is 0 Å². The van der Waals surface area contributed by atoms with Crippen molar-refractivity contribution in [3.63, 3.8) is 0 Å². The maximum atomic E-state index is 5.35. The summed E-state index contributed by atoms with van der Waals surface area (Å²) in [7, 11) is 2.00. The molecule has 98 valence electrons. The van der Waals surface area contributed by atoms with Gasteiger partial charge >= 0.3 is 0 Å². The second-order valence-electron chi connectivity index (χ2n) is 5.42. The van der Waals surface area contributed by atoms with Crippen LogP contribution in [0.4, 0.5) is 0 Å². The number of allylic oxidation sites excluding steroid dienone is 5. The summed E-state index contributed by atoms with van der Waals surface area (Å²) in [5, 5.41) is 4.25. The second kappa shape index (κ2) is 5.68. The first kappa shape index (κ1) is 14.0. The summed E-state index contributed by atoms with van der Waals surface area (Å²) in [5.41, 5.74) is 4.70. The third-order valence-corrected chi connectivity index (χ3v) is 4.23.